The van der Waals surface area contributed by atoms with Gasteiger partial charge in [-0.15, -0.1) is 0 Å². The molecule has 3 atom stereocenters. The van der Waals surface area contributed by atoms with Crippen molar-refractivity contribution in [3.8, 4) is 0 Å². The van der Waals surface area contributed by atoms with Gasteiger partial charge in [0.1, 0.15) is 0 Å². The van der Waals surface area contributed by atoms with Crippen LogP contribution in [0.15, 0.2) is 18.2 Å². The number of anilines is 1. The van der Waals surface area contributed by atoms with Gasteiger partial charge in [0.15, 0.2) is 0 Å². The predicted octanol–water partition coefficient (Wildman–Crippen LogP) is 4.27. The topological polar surface area (TPSA) is 49.3 Å². The average Bonchev–Trinajstić information content (AvgIpc) is 2.72. The highest BCUT2D eigenvalue weighted by Gasteiger charge is 2.31. The van der Waals surface area contributed by atoms with Gasteiger partial charge in [-0.3, -0.25) is 0 Å². The fourth-order valence-electron chi connectivity index (χ4n) is 3.05. The Morgan fingerprint density at radius 1 is 1.47 bits per heavy atom. The first-order chi connectivity index (χ1) is 9.02. The van der Waals surface area contributed by atoms with Gasteiger partial charge in [-0.25, -0.2) is 4.79 Å². The minimum Gasteiger partial charge on any atom is -0.478 e. The van der Waals surface area contributed by atoms with Crippen LogP contribution >= 0.6 is 11.6 Å². The minimum absolute atomic E-state index is 0.250. The summed E-state index contributed by atoms with van der Waals surface area (Å²) in [4.78, 5) is 11.3. The molecule has 2 rings (SSSR count). The third-order valence-electron chi connectivity index (χ3n) is 4.30. The smallest absolute Gasteiger partial charge is 0.337 e. The number of nitrogens with one attached hydrogen (secondary N) is 1. The van der Waals surface area contributed by atoms with Crippen molar-refractivity contribution in [3.05, 3.63) is 28.8 Å². The quantitative estimate of drug-likeness (QED) is 0.866. The monoisotopic (exact) mass is 281 g/mol. The number of hydrogen-bond acceptors (Lipinski definition) is 2. The summed E-state index contributed by atoms with van der Waals surface area (Å²) in [6.07, 6.45) is 3.50. The zero-order valence-electron chi connectivity index (χ0n) is 11.3. The summed E-state index contributed by atoms with van der Waals surface area (Å²) in [6.45, 7) is 4.46. The van der Waals surface area contributed by atoms with Crippen molar-refractivity contribution in [2.75, 3.05) is 5.32 Å². The Morgan fingerprint density at radius 2 is 2.21 bits per heavy atom. The van der Waals surface area contributed by atoms with Crippen LogP contribution in [0.4, 0.5) is 5.69 Å². The minimum atomic E-state index is -0.942. The van der Waals surface area contributed by atoms with Crippen LogP contribution in [-0.2, 0) is 0 Å². The van der Waals surface area contributed by atoms with E-state index in [1.807, 2.05) is 0 Å². The Kier molecular flexibility index (Phi) is 4.35. The van der Waals surface area contributed by atoms with Gasteiger partial charge in [0.25, 0.3) is 0 Å². The molecule has 0 amide bonds. The van der Waals surface area contributed by atoms with Crippen molar-refractivity contribution in [2.24, 2.45) is 11.8 Å². The standard InChI is InChI=1S/C15H20ClNO2/c1-3-10-4-6-13(9(10)2)17-14-7-5-11(16)8-12(14)15(18)19/h5,7-10,13,17H,3-4,6H2,1-2H3,(H,18,19). The zero-order valence-corrected chi connectivity index (χ0v) is 12.1. The second-order valence-corrected chi connectivity index (χ2v) is 5.79. The van der Waals surface area contributed by atoms with Crippen LogP contribution in [0.2, 0.25) is 5.02 Å². The molecular formula is C15H20ClNO2. The number of hydrogen-bond donors (Lipinski definition) is 2. The molecule has 0 aromatic heterocycles. The Morgan fingerprint density at radius 3 is 2.79 bits per heavy atom. The molecule has 0 saturated heterocycles. The lowest BCUT2D eigenvalue weighted by Crippen LogP contribution is -2.25. The Bertz CT molecular complexity index is 475. The van der Waals surface area contributed by atoms with Crippen molar-refractivity contribution in [2.45, 2.75) is 39.2 Å². The maximum Gasteiger partial charge on any atom is 0.337 e. The number of aromatic carboxylic acids is 1. The number of carboxylic acid groups (broad SMARTS) is 1. The summed E-state index contributed by atoms with van der Waals surface area (Å²) in [6, 6.07) is 5.35. The predicted molar refractivity (Wildman–Crippen MR) is 78.0 cm³/mol. The highest BCUT2D eigenvalue weighted by atomic mass is 35.5. The molecule has 1 aromatic carbocycles. The van der Waals surface area contributed by atoms with Crippen LogP contribution in [0.3, 0.4) is 0 Å². The molecule has 0 bridgehead atoms. The van der Waals surface area contributed by atoms with Crippen LogP contribution in [0.25, 0.3) is 0 Å². The molecule has 0 radical (unpaired) electrons. The van der Waals surface area contributed by atoms with Crippen molar-refractivity contribution < 1.29 is 9.90 Å². The van der Waals surface area contributed by atoms with E-state index in [0.29, 0.717) is 22.7 Å². The highest BCUT2D eigenvalue weighted by molar-refractivity contribution is 6.31. The summed E-state index contributed by atoms with van der Waals surface area (Å²) in [7, 11) is 0. The van der Waals surface area contributed by atoms with Crippen molar-refractivity contribution in [3.63, 3.8) is 0 Å². The largest absolute Gasteiger partial charge is 0.478 e. The summed E-state index contributed by atoms with van der Waals surface area (Å²) in [5.41, 5.74) is 0.921. The SMILES string of the molecule is CCC1CCC(Nc2ccc(Cl)cc2C(=O)O)C1C. The molecule has 2 N–H and O–H groups in total. The first-order valence-corrected chi connectivity index (χ1v) is 7.20. The van der Waals surface area contributed by atoms with Crippen LogP contribution in [0, 0.1) is 11.8 Å². The molecular weight excluding hydrogens is 262 g/mol. The number of carbonyl (C=O) groups is 1. The van der Waals surface area contributed by atoms with E-state index in [2.05, 4.69) is 19.2 Å². The van der Waals surface area contributed by atoms with Crippen LogP contribution in [-0.4, -0.2) is 17.1 Å². The molecule has 1 saturated carbocycles. The van der Waals surface area contributed by atoms with Gasteiger partial charge in [-0.2, -0.15) is 0 Å². The van der Waals surface area contributed by atoms with Gasteiger partial charge >= 0.3 is 5.97 Å². The van der Waals surface area contributed by atoms with Crippen molar-refractivity contribution in [1.82, 2.24) is 0 Å². The second-order valence-electron chi connectivity index (χ2n) is 5.35. The van der Waals surface area contributed by atoms with Crippen molar-refractivity contribution >= 4 is 23.3 Å². The molecule has 0 aliphatic heterocycles. The normalized spacial score (nSPS) is 26.4. The number of benzene rings is 1. The summed E-state index contributed by atoms with van der Waals surface area (Å²) in [5, 5.41) is 13.1. The van der Waals surface area contributed by atoms with E-state index in [4.69, 9.17) is 11.6 Å². The number of rotatable bonds is 4. The van der Waals surface area contributed by atoms with E-state index in [-0.39, 0.29) is 5.56 Å². The lowest BCUT2D eigenvalue weighted by Gasteiger charge is -2.23. The van der Waals surface area contributed by atoms with Gasteiger partial charge in [-0.1, -0.05) is 31.9 Å². The molecule has 0 heterocycles. The van der Waals surface area contributed by atoms with Gasteiger partial charge < -0.3 is 10.4 Å². The molecule has 1 fully saturated rings. The third-order valence-corrected chi connectivity index (χ3v) is 4.54. The molecule has 3 unspecified atom stereocenters. The van der Waals surface area contributed by atoms with E-state index in [1.54, 1.807) is 12.1 Å². The Balaban J connectivity index is 2.18. The van der Waals surface area contributed by atoms with E-state index in [1.165, 1.54) is 18.9 Å². The van der Waals surface area contributed by atoms with Gasteiger partial charge in [0, 0.05) is 16.8 Å². The summed E-state index contributed by atoms with van der Waals surface area (Å²) >= 11 is 5.86. The van der Waals surface area contributed by atoms with E-state index in [9.17, 15) is 9.90 Å². The molecule has 1 aliphatic carbocycles. The fraction of sp³-hybridized carbons (Fsp3) is 0.533. The molecule has 104 valence electrons. The maximum atomic E-state index is 11.3. The molecule has 4 heteroatoms. The zero-order chi connectivity index (χ0) is 14.0. The molecule has 0 spiro atoms. The fourth-order valence-corrected chi connectivity index (χ4v) is 3.22. The average molecular weight is 282 g/mol. The first-order valence-electron chi connectivity index (χ1n) is 6.82. The van der Waals surface area contributed by atoms with Crippen LogP contribution in [0.1, 0.15) is 43.5 Å². The Hall–Kier alpha value is -1.22. The summed E-state index contributed by atoms with van der Waals surface area (Å²) < 4.78 is 0. The second kappa shape index (κ2) is 5.83. The maximum absolute atomic E-state index is 11.3. The van der Waals surface area contributed by atoms with Crippen LogP contribution in [0.5, 0.6) is 0 Å². The first kappa shape index (κ1) is 14.2. The van der Waals surface area contributed by atoms with E-state index < -0.39 is 5.97 Å². The molecule has 1 aromatic rings. The molecule has 3 nitrogen and oxygen atoms in total. The molecule has 19 heavy (non-hydrogen) atoms. The number of halogens is 1. The number of carboxylic acids is 1. The van der Waals surface area contributed by atoms with Gasteiger partial charge in [-0.05, 0) is 42.9 Å². The highest BCUT2D eigenvalue weighted by Crippen LogP contribution is 2.36. The van der Waals surface area contributed by atoms with Gasteiger partial charge in [0.05, 0.1) is 5.56 Å². The molecule has 1 aliphatic rings. The van der Waals surface area contributed by atoms with E-state index in [0.717, 1.165) is 12.3 Å². The van der Waals surface area contributed by atoms with Crippen molar-refractivity contribution in [1.29, 1.82) is 0 Å². The lowest BCUT2D eigenvalue weighted by atomic mass is 9.93. The Labute approximate surface area is 119 Å². The van der Waals surface area contributed by atoms with E-state index >= 15 is 0 Å². The van der Waals surface area contributed by atoms with Gasteiger partial charge in [0.2, 0.25) is 0 Å². The summed E-state index contributed by atoms with van der Waals surface area (Å²) in [5.74, 6) is 0.364. The lowest BCUT2D eigenvalue weighted by molar-refractivity contribution is 0.0698. The van der Waals surface area contributed by atoms with Crippen LogP contribution < -0.4 is 5.32 Å². The third kappa shape index (κ3) is 3.03.